The number of hydrogen-bond donors (Lipinski definition) is 0. The fourth-order valence-electron chi connectivity index (χ4n) is 3.09. The molecule has 0 fully saturated rings. The lowest BCUT2D eigenvalue weighted by Crippen LogP contribution is -2.13. The lowest BCUT2D eigenvalue weighted by molar-refractivity contribution is 0.320. The van der Waals surface area contributed by atoms with E-state index in [-0.39, 0.29) is 10.8 Å². The summed E-state index contributed by atoms with van der Waals surface area (Å²) in [5.74, 6) is 1.57. The highest BCUT2D eigenvalue weighted by Gasteiger charge is 2.24. The molecular weight excluding hydrogens is 391 g/mol. The van der Waals surface area contributed by atoms with Crippen molar-refractivity contribution in [1.82, 2.24) is 0 Å². The lowest BCUT2D eigenvalue weighted by atomic mass is 9.85. The van der Waals surface area contributed by atoms with Crippen LogP contribution in [0.4, 0.5) is 0 Å². The number of benzene rings is 2. The minimum absolute atomic E-state index is 0.0440. The van der Waals surface area contributed by atoms with Crippen molar-refractivity contribution >= 4 is 14.7 Å². The Bertz CT molecular complexity index is 897. The first-order valence-corrected chi connectivity index (χ1v) is 11.5. The SMILES string of the molecule is COP(Oc1ccc(C(C)(C)C)cc1C=C(C)C)Oc1ccc(C)cc1C(C)(C)C. The molecule has 0 radical (unpaired) electrons. The molecule has 4 heteroatoms. The number of rotatable bonds is 6. The average Bonchev–Trinajstić information content (AvgIpc) is 2.61. The van der Waals surface area contributed by atoms with Crippen LogP contribution in [0.15, 0.2) is 42.0 Å². The smallest absolute Gasteiger partial charge is 0.417 e. The molecule has 0 aliphatic rings. The third kappa shape index (κ3) is 6.59. The van der Waals surface area contributed by atoms with E-state index >= 15 is 0 Å². The van der Waals surface area contributed by atoms with Gasteiger partial charge in [0.2, 0.25) is 0 Å². The van der Waals surface area contributed by atoms with Gasteiger partial charge in [0.05, 0.1) is 0 Å². The maximum atomic E-state index is 6.24. The van der Waals surface area contributed by atoms with Crippen LogP contribution in [-0.4, -0.2) is 7.11 Å². The second-order valence-electron chi connectivity index (χ2n) is 10.1. The molecule has 0 aliphatic carbocycles. The van der Waals surface area contributed by atoms with Gasteiger partial charge >= 0.3 is 8.60 Å². The maximum absolute atomic E-state index is 6.24. The fraction of sp³-hybridized carbons (Fsp3) is 0.462. The van der Waals surface area contributed by atoms with Gasteiger partial charge in [-0.3, -0.25) is 4.52 Å². The molecule has 0 saturated heterocycles. The zero-order valence-electron chi connectivity index (χ0n) is 20.2. The summed E-state index contributed by atoms with van der Waals surface area (Å²) in [4.78, 5) is 0. The van der Waals surface area contributed by atoms with Gasteiger partial charge in [-0.15, -0.1) is 0 Å². The fourth-order valence-corrected chi connectivity index (χ4v) is 3.92. The van der Waals surface area contributed by atoms with E-state index in [1.807, 2.05) is 12.1 Å². The van der Waals surface area contributed by atoms with Crippen molar-refractivity contribution in [1.29, 1.82) is 0 Å². The molecule has 0 spiro atoms. The molecule has 0 amide bonds. The second kappa shape index (κ2) is 9.54. The van der Waals surface area contributed by atoms with E-state index < -0.39 is 8.60 Å². The topological polar surface area (TPSA) is 27.7 Å². The molecule has 0 aliphatic heterocycles. The molecule has 0 N–H and O–H groups in total. The van der Waals surface area contributed by atoms with Gasteiger partial charge in [-0.05, 0) is 55.4 Å². The van der Waals surface area contributed by atoms with Crippen LogP contribution in [0.3, 0.4) is 0 Å². The Morgan fingerprint density at radius 2 is 1.43 bits per heavy atom. The summed E-state index contributed by atoms with van der Waals surface area (Å²) in [6.07, 6.45) is 2.14. The van der Waals surface area contributed by atoms with Crippen molar-refractivity contribution in [2.75, 3.05) is 7.11 Å². The van der Waals surface area contributed by atoms with Gasteiger partial charge in [0.15, 0.2) is 0 Å². The average molecular weight is 429 g/mol. The Morgan fingerprint density at radius 3 is 1.97 bits per heavy atom. The summed E-state index contributed by atoms with van der Waals surface area (Å²) >= 11 is 0. The van der Waals surface area contributed by atoms with Crippen molar-refractivity contribution in [3.8, 4) is 11.5 Å². The van der Waals surface area contributed by atoms with E-state index in [2.05, 4.69) is 92.7 Å². The highest BCUT2D eigenvalue weighted by atomic mass is 31.2. The van der Waals surface area contributed by atoms with Crippen molar-refractivity contribution in [2.45, 2.75) is 73.1 Å². The number of hydrogen-bond acceptors (Lipinski definition) is 3. The number of allylic oxidation sites excluding steroid dienone is 1. The van der Waals surface area contributed by atoms with Gasteiger partial charge in [0.25, 0.3) is 0 Å². The zero-order valence-corrected chi connectivity index (χ0v) is 21.1. The number of aryl methyl sites for hydroxylation is 1. The molecule has 2 aromatic carbocycles. The quantitative estimate of drug-likeness (QED) is 0.433. The van der Waals surface area contributed by atoms with Crippen LogP contribution < -0.4 is 9.05 Å². The molecule has 0 bridgehead atoms. The molecule has 2 aromatic rings. The van der Waals surface area contributed by atoms with E-state index in [4.69, 9.17) is 13.6 Å². The van der Waals surface area contributed by atoms with Gasteiger partial charge in [-0.1, -0.05) is 77.0 Å². The third-order valence-corrected chi connectivity index (χ3v) is 5.75. The van der Waals surface area contributed by atoms with Gasteiger partial charge in [-0.25, -0.2) is 0 Å². The van der Waals surface area contributed by atoms with Crippen LogP contribution in [0.2, 0.25) is 0 Å². The second-order valence-corrected chi connectivity index (χ2v) is 11.2. The Hall–Kier alpha value is -1.83. The van der Waals surface area contributed by atoms with Crippen molar-refractivity contribution in [2.24, 2.45) is 0 Å². The van der Waals surface area contributed by atoms with E-state index in [1.54, 1.807) is 7.11 Å². The molecular formula is C26H37O3P. The van der Waals surface area contributed by atoms with E-state index in [9.17, 15) is 0 Å². The van der Waals surface area contributed by atoms with Gasteiger partial charge in [0, 0.05) is 18.2 Å². The van der Waals surface area contributed by atoms with Crippen LogP contribution in [0, 0.1) is 6.92 Å². The molecule has 164 valence electrons. The monoisotopic (exact) mass is 428 g/mol. The molecule has 0 heterocycles. The maximum Gasteiger partial charge on any atom is 0.462 e. The van der Waals surface area contributed by atoms with Crippen LogP contribution in [0.1, 0.15) is 77.6 Å². The van der Waals surface area contributed by atoms with E-state index in [0.717, 1.165) is 22.6 Å². The first kappa shape index (κ1) is 24.4. The van der Waals surface area contributed by atoms with E-state index in [1.165, 1.54) is 16.7 Å². The molecule has 3 nitrogen and oxygen atoms in total. The summed E-state index contributed by atoms with van der Waals surface area (Å²) < 4.78 is 18.1. The van der Waals surface area contributed by atoms with Crippen LogP contribution >= 0.6 is 8.60 Å². The predicted molar refractivity (Wildman–Crippen MR) is 130 cm³/mol. The van der Waals surface area contributed by atoms with Gasteiger partial charge in [-0.2, -0.15) is 0 Å². The van der Waals surface area contributed by atoms with E-state index in [0.29, 0.717) is 0 Å². The summed E-state index contributed by atoms with van der Waals surface area (Å²) in [5, 5.41) is 0. The highest BCUT2D eigenvalue weighted by Crippen LogP contribution is 2.45. The van der Waals surface area contributed by atoms with Crippen LogP contribution in [0.5, 0.6) is 11.5 Å². The third-order valence-electron chi connectivity index (χ3n) is 4.76. The first-order chi connectivity index (χ1) is 13.8. The molecule has 1 atom stereocenters. The van der Waals surface area contributed by atoms with Gasteiger partial charge < -0.3 is 9.05 Å². The molecule has 2 rings (SSSR count). The Labute approximate surface area is 184 Å². The Balaban J connectivity index is 2.38. The van der Waals surface area contributed by atoms with Gasteiger partial charge in [0.1, 0.15) is 11.5 Å². The predicted octanol–water partition coefficient (Wildman–Crippen LogP) is 8.34. The summed E-state index contributed by atoms with van der Waals surface area (Å²) in [5.41, 5.74) is 5.88. The minimum Gasteiger partial charge on any atom is -0.417 e. The van der Waals surface area contributed by atoms with Crippen LogP contribution in [-0.2, 0) is 15.4 Å². The zero-order chi connectivity index (χ0) is 22.7. The molecule has 1 unspecified atom stereocenters. The highest BCUT2D eigenvalue weighted by molar-refractivity contribution is 7.42. The molecule has 0 saturated carbocycles. The van der Waals surface area contributed by atoms with Crippen molar-refractivity contribution in [3.05, 3.63) is 64.2 Å². The summed E-state index contributed by atoms with van der Waals surface area (Å²) in [6.45, 7) is 19.5. The largest absolute Gasteiger partial charge is 0.462 e. The molecule has 30 heavy (non-hydrogen) atoms. The van der Waals surface area contributed by atoms with Crippen molar-refractivity contribution in [3.63, 3.8) is 0 Å². The standard InChI is InChI=1S/C26H37O3P/c1-18(2)15-20-17-21(25(4,5)6)12-14-23(20)28-30(27-10)29-24-13-11-19(3)16-22(24)26(7,8)9/h11-17H,1-10H3. The normalized spacial score (nSPS) is 13.0. The summed E-state index contributed by atoms with van der Waals surface area (Å²) in [6, 6.07) is 12.6. The Kier molecular flexibility index (Phi) is 7.77. The first-order valence-electron chi connectivity index (χ1n) is 10.4. The summed E-state index contributed by atoms with van der Waals surface area (Å²) in [7, 11) is 0.0336. The lowest BCUT2D eigenvalue weighted by Gasteiger charge is -2.25. The molecule has 0 aromatic heterocycles. The minimum atomic E-state index is -1.59. The Morgan fingerprint density at radius 1 is 0.833 bits per heavy atom. The van der Waals surface area contributed by atoms with Crippen molar-refractivity contribution < 1.29 is 13.6 Å². The van der Waals surface area contributed by atoms with Crippen LogP contribution in [0.25, 0.3) is 6.08 Å².